The van der Waals surface area contributed by atoms with Crippen molar-refractivity contribution in [2.75, 3.05) is 0 Å². The van der Waals surface area contributed by atoms with Gasteiger partial charge in [0.1, 0.15) is 5.76 Å². The van der Waals surface area contributed by atoms with Gasteiger partial charge >= 0.3 is 0 Å². The molecule has 0 aliphatic carbocycles. The molecule has 0 radical (unpaired) electrons. The summed E-state index contributed by atoms with van der Waals surface area (Å²) in [5.74, 6) is 0.662. The summed E-state index contributed by atoms with van der Waals surface area (Å²) in [6, 6.07) is 0. The van der Waals surface area contributed by atoms with Gasteiger partial charge in [-0.25, -0.2) is 0 Å². The fourth-order valence-electron chi connectivity index (χ4n) is 0.171. The van der Waals surface area contributed by atoms with E-state index in [1.165, 1.54) is 12.5 Å². The highest BCUT2D eigenvalue weighted by atomic mass is 16.5. The summed E-state index contributed by atoms with van der Waals surface area (Å²) in [4.78, 5) is 0. The number of rotatable bonds is 2. The summed E-state index contributed by atoms with van der Waals surface area (Å²) >= 11 is 0. The van der Waals surface area contributed by atoms with Crippen molar-refractivity contribution in [3.8, 4) is 0 Å². The van der Waals surface area contributed by atoms with Crippen LogP contribution in [-0.2, 0) is 4.74 Å². The van der Waals surface area contributed by atoms with Crippen molar-refractivity contribution in [3.63, 3.8) is 0 Å². The van der Waals surface area contributed by atoms with Gasteiger partial charge in [-0.3, -0.25) is 0 Å². The molecule has 0 rings (SSSR count). The first kappa shape index (κ1) is 6.08. The van der Waals surface area contributed by atoms with Gasteiger partial charge in [0.25, 0.3) is 0 Å². The molecule has 2 N–H and O–H groups in total. The van der Waals surface area contributed by atoms with E-state index in [0.29, 0.717) is 5.76 Å². The van der Waals surface area contributed by atoms with Crippen LogP contribution in [0.15, 0.2) is 24.8 Å². The van der Waals surface area contributed by atoms with Gasteiger partial charge in [-0.2, -0.15) is 0 Å². The quantitative estimate of drug-likeness (QED) is 0.523. The molecule has 0 saturated heterocycles. The van der Waals surface area contributed by atoms with Crippen LogP contribution >= 0.6 is 0 Å². The van der Waals surface area contributed by atoms with Crippen LogP contribution in [0.3, 0.4) is 0 Å². The number of ether oxygens (including phenoxy) is 1. The fraction of sp³-hybridized carbons (Fsp3) is 0.200. The van der Waals surface area contributed by atoms with E-state index in [1.54, 1.807) is 6.92 Å². The molecule has 0 unspecified atom stereocenters. The minimum absolute atomic E-state index is 0.662. The van der Waals surface area contributed by atoms with Gasteiger partial charge in [-0.1, -0.05) is 6.58 Å². The first-order chi connectivity index (χ1) is 3.31. The van der Waals surface area contributed by atoms with Gasteiger partial charge < -0.3 is 10.5 Å². The third kappa shape index (κ3) is 2.89. The molecule has 7 heavy (non-hydrogen) atoms. The van der Waals surface area contributed by atoms with Crippen LogP contribution in [0, 0.1) is 0 Å². The molecular weight excluding hydrogens is 90.1 g/mol. The zero-order valence-corrected chi connectivity index (χ0v) is 4.35. The molecule has 0 atom stereocenters. The van der Waals surface area contributed by atoms with Crippen LogP contribution in [0.4, 0.5) is 0 Å². The van der Waals surface area contributed by atoms with E-state index >= 15 is 0 Å². The van der Waals surface area contributed by atoms with E-state index in [-0.39, 0.29) is 0 Å². The Balaban J connectivity index is 3.36. The highest BCUT2D eigenvalue weighted by Crippen LogP contribution is 1.89. The molecule has 2 heteroatoms. The summed E-state index contributed by atoms with van der Waals surface area (Å²) in [6.07, 6.45) is 2.71. The van der Waals surface area contributed by atoms with E-state index in [0.717, 1.165) is 0 Å². The highest BCUT2D eigenvalue weighted by Gasteiger charge is 1.75. The number of hydrogen-bond donors (Lipinski definition) is 1. The molecule has 0 amide bonds. The Morgan fingerprint density at radius 3 is 2.57 bits per heavy atom. The molecule has 0 aromatic heterocycles. The zero-order chi connectivity index (χ0) is 5.70. The maximum atomic E-state index is 5.02. The van der Waals surface area contributed by atoms with E-state index in [9.17, 15) is 0 Å². The molecule has 0 heterocycles. The predicted molar refractivity (Wildman–Crippen MR) is 29.2 cm³/mol. The third-order valence-corrected chi connectivity index (χ3v) is 0.504. The topological polar surface area (TPSA) is 35.2 Å². The number of allylic oxidation sites excluding steroid dienone is 1. The Morgan fingerprint density at radius 2 is 2.43 bits per heavy atom. The molecule has 0 aliphatic heterocycles. The molecule has 2 nitrogen and oxygen atoms in total. The summed E-state index contributed by atoms with van der Waals surface area (Å²) in [6.45, 7) is 5.08. The standard InChI is InChI=1S/C5H9NO/c1-3-7-5(2)4-6/h3-4H,1,6H2,2H3. The van der Waals surface area contributed by atoms with Gasteiger partial charge in [0.05, 0.1) is 6.26 Å². The van der Waals surface area contributed by atoms with E-state index in [2.05, 4.69) is 6.58 Å². The van der Waals surface area contributed by atoms with Crippen LogP contribution in [-0.4, -0.2) is 0 Å². The van der Waals surface area contributed by atoms with Crippen molar-refractivity contribution in [2.24, 2.45) is 5.73 Å². The van der Waals surface area contributed by atoms with Crippen molar-refractivity contribution in [2.45, 2.75) is 6.92 Å². The molecule has 40 valence electrons. The predicted octanol–water partition coefficient (Wildman–Crippen LogP) is 0.966. The van der Waals surface area contributed by atoms with Crippen LogP contribution < -0.4 is 5.73 Å². The highest BCUT2D eigenvalue weighted by molar-refractivity contribution is 4.84. The lowest BCUT2D eigenvalue weighted by Crippen LogP contribution is -1.84. The monoisotopic (exact) mass is 99.1 g/mol. The average molecular weight is 99.1 g/mol. The minimum atomic E-state index is 0.662. The van der Waals surface area contributed by atoms with E-state index in [4.69, 9.17) is 10.5 Å². The lowest BCUT2D eigenvalue weighted by Gasteiger charge is -1.92. The molecule has 0 fully saturated rings. The lowest BCUT2D eigenvalue weighted by molar-refractivity contribution is 0.353. The van der Waals surface area contributed by atoms with Gasteiger partial charge in [0.2, 0.25) is 0 Å². The first-order valence-electron chi connectivity index (χ1n) is 1.97. The first-order valence-corrected chi connectivity index (χ1v) is 1.97. The smallest absolute Gasteiger partial charge is 0.115 e. The van der Waals surface area contributed by atoms with Crippen LogP contribution in [0.1, 0.15) is 6.92 Å². The Hall–Kier alpha value is -0.920. The molecule has 0 aromatic rings. The Labute approximate surface area is 43.3 Å². The van der Waals surface area contributed by atoms with Gasteiger partial charge in [-0.15, -0.1) is 0 Å². The summed E-state index contributed by atoms with van der Waals surface area (Å²) in [7, 11) is 0. The van der Waals surface area contributed by atoms with Crippen molar-refractivity contribution >= 4 is 0 Å². The Bertz CT molecular complexity index is 86.1. The van der Waals surface area contributed by atoms with Crippen LogP contribution in [0.2, 0.25) is 0 Å². The minimum Gasteiger partial charge on any atom is -0.469 e. The second kappa shape index (κ2) is 3.28. The molecular formula is C5H9NO. The third-order valence-electron chi connectivity index (χ3n) is 0.504. The zero-order valence-electron chi connectivity index (χ0n) is 4.35. The summed E-state index contributed by atoms with van der Waals surface area (Å²) in [5.41, 5.74) is 5.02. The maximum Gasteiger partial charge on any atom is 0.115 e. The molecule has 0 aliphatic rings. The Morgan fingerprint density at radius 1 is 1.86 bits per heavy atom. The van der Waals surface area contributed by atoms with E-state index in [1.807, 2.05) is 0 Å². The Kier molecular flexibility index (Phi) is 2.85. The largest absolute Gasteiger partial charge is 0.469 e. The van der Waals surface area contributed by atoms with Crippen molar-refractivity contribution in [1.29, 1.82) is 0 Å². The summed E-state index contributed by atoms with van der Waals surface area (Å²) in [5, 5.41) is 0. The van der Waals surface area contributed by atoms with E-state index < -0.39 is 0 Å². The lowest BCUT2D eigenvalue weighted by atomic mass is 10.6. The van der Waals surface area contributed by atoms with Crippen LogP contribution in [0.25, 0.3) is 0 Å². The number of nitrogens with two attached hydrogens (primary N) is 1. The average Bonchev–Trinajstić information content (AvgIpc) is 1.68. The molecule has 0 aromatic carbocycles. The van der Waals surface area contributed by atoms with Crippen molar-refractivity contribution < 1.29 is 4.74 Å². The molecule has 0 saturated carbocycles. The summed E-state index contributed by atoms with van der Waals surface area (Å²) < 4.78 is 4.69. The van der Waals surface area contributed by atoms with Gasteiger partial charge in [-0.05, 0) is 6.92 Å². The number of hydrogen-bond acceptors (Lipinski definition) is 2. The maximum absolute atomic E-state index is 5.02. The second-order valence-electron chi connectivity index (χ2n) is 1.06. The van der Waals surface area contributed by atoms with Crippen molar-refractivity contribution in [3.05, 3.63) is 24.8 Å². The fourth-order valence-corrected chi connectivity index (χ4v) is 0.171. The molecule has 0 bridgehead atoms. The van der Waals surface area contributed by atoms with Crippen molar-refractivity contribution in [1.82, 2.24) is 0 Å². The molecule has 0 spiro atoms. The van der Waals surface area contributed by atoms with Gasteiger partial charge in [0.15, 0.2) is 0 Å². The SMILES string of the molecule is C=COC(C)=CN. The van der Waals surface area contributed by atoms with Crippen LogP contribution in [0.5, 0.6) is 0 Å². The normalized spacial score (nSPS) is 10.7. The second-order valence-corrected chi connectivity index (χ2v) is 1.06. The van der Waals surface area contributed by atoms with Gasteiger partial charge in [0, 0.05) is 6.20 Å².